The van der Waals surface area contributed by atoms with Gasteiger partial charge in [-0.1, -0.05) is 53.7 Å². The van der Waals surface area contributed by atoms with Crippen LogP contribution < -0.4 is 32.9 Å². The molecule has 0 saturated carbocycles. The molecule has 2 aromatic carbocycles. The number of methoxy groups -OCH3 is 1. The van der Waals surface area contributed by atoms with Gasteiger partial charge >= 0.3 is 5.69 Å². The molecule has 4 rings (SSSR count). The van der Waals surface area contributed by atoms with Crippen LogP contribution in [0.1, 0.15) is 83.2 Å². The Morgan fingerprint density at radius 1 is 1.02 bits per heavy atom. The number of aryl methyl sites for hydroxylation is 1. The Hall–Kier alpha value is -4.22. The number of unbranched alkanes of at least 4 members (excludes halogenated alkanes) is 1. The molecule has 11 heteroatoms. The SMILES string of the molecule is CC(C)(C)c1cc2cn(-c3ccc(CNCCCN=C(N)N)cc3)c(=O)nc2[nH]1.COc1cc(F)c(C(C)(C)C)cc1CCCCN. The summed E-state index contributed by atoms with van der Waals surface area (Å²) >= 11 is 0. The molecular weight excluding hydrogens is 595 g/mol. The van der Waals surface area contributed by atoms with Crippen molar-refractivity contribution in [1.82, 2.24) is 19.9 Å². The first-order valence-electron chi connectivity index (χ1n) is 16.2. The summed E-state index contributed by atoms with van der Waals surface area (Å²) < 4.78 is 20.8. The molecule has 0 aliphatic heterocycles. The van der Waals surface area contributed by atoms with Gasteiger partial charge in [-0.25, -0.2) is 9.18 Å². The standard InChI is InChI=1S/C21H29N7O.C15H24FNO/c1-21(2,3)17-11-15-13-28(20(29)27-18(15)26-17)16-7-5-14(6-8-16)12-24-9-4-10-25-19(22)23;1-15(2,3)12-9-11(7-5-6-8-17)14(18-4)10-13(12)16/h5-8,11,13,24H,4,9-10,12H2,1-3H3,(H4,22,23,25)(H,26,27,29);9-10H,5-8,17H2,1-4H3. The van der Waals surface area contributed by atoms with Crippen LogP contribution in [-0.4, -0.2) is 47.2 Å². The van der Waals surface area contributed by atoms with Crippen molar-refractivity contribution < 1.29 is 9.13 Å². The van der Waals surface area contributed by atoms with E-state index in [0.29, 0.717) is 24.5 Å². The van der Waals surface area contributed by atoms with Crippen LogP contribution in [0.25, 0.3) is 16.7 Å². The van der Waals surface area contributed by atoms with Crippen molar-refractivity contribution in [3.8, 4) is 11.4 Å². The summed E-state index contributed by atoms with van der Waals surface area (Å²) in [5.41, 5.74) is 21.0. The number of aromatic amines is 1. The summed E-state index contributed by atoms with van der Waals surface area (Å²) in [6, 6.07) is 13.4. The van der Waals surface area contributed by atoms with E-state index in [0.717, 1.165) is 72.2 Å². The fraction of sp³-hybridized carbons (Fsp3) is 0.472. The van der Waals surface area contributed by atoms with Gasteiger partial charge in [-0.15, -0.1) is 0 Å². The number of rotatable bonds is 12. The number of H-pyrrole nitrogens is 1. The number of aliphatic imine (C=N–C) groups is 1. The van der Waals surface area contributed by atoms with Crippen molar-refractivity contribution in [3.05, 3.63) is 87.3 Å². The van der Waals surface area contributed by atoms with Gasteiger partial charge in [0.15, 0.2) is 5.96 Å². The van der Waals surface area contributed by atoms with Gasteiger partial charge in [0.1, 0.15) is 17.2 Å². The van der Waals surface area contributed by atoms with Crippen molar-refractivity contribution in [2.75, 3.05) is 26.7 Å². The third-order valence-corrected chi connectivity index (χ3v) is 7.74. The van der Waals surface area contributed by atoms with E-state index in [1.165, 1.54) is 6.07 Å². The van der Waals surface area contributed by atoms with E-state index in [9.17, 15) is 9.18 Å². The first-order chi connectivity index (χ1) is 22.1. The number of ether oxygens (including phenoxy) is 1. The highest BCUT2D eigenvalue weighted by molar-refractivity contribution is 5.76. The van der Waals surface area contributed by atoms with Crippen molar-refractivity contribution in [1.29, 1.82) is 0 Å². The number of guanidine groups is 1. The molecule has 8 N–H and O–H groups in total. The second-order valence-electron chi connectivity index (χ2n) is 13.8. The third kappa shape index (κ3) is 10.9. The molecule has 0 aliphatic rings. The molecule has 4 aromatic rings. The molecule has 0 amide bonds. The molecule has 0 radical (unpaired) electrons. The summed E-state index contributed by atoms with van der Waals surface area (Å²) in [6.07, 6.45) is 5.56. The molecule has 47 heavy (non-hydrogen) atoms. The van der Waals surface area contributed by atoms with Gasteiger partial charge in [-0.3, -0.25) is 9.56 Å². The van der Waals surface area contributed by atoms with Gasteiger partial charge in [0, 0.05) is 41.8 Å². The lowest BCUT2D eigenvalue weighted by Crippen LogP contribution is -2.23. The second kappa shape index (κ2) is 16.6. The molecular formula is C36H53FN8O2. The summed E-state index contributed by atoms with van der Waals surface area (Å²) in [5, 5.41) is 4.27. The number of fused-ring (bicyclic) bond motifs is 1. The van der Waals surface area contributed by atoms with Crippen molar-refractivity contribution in [2.24, 2.45) is 22.2 Å². The van der Waals surface area contributed by atoms with Gasteiger partial charge < -0.3 is 32.2 Å². The maximum absolute atomic E-state index is 14.0. The number of hydrogen-bond acceptors (Lipinski definition) is 6. The minimum absolute atomic E-state index is 0.0352. The predicted molar refractivity (Wildman–Crippen MR) is 191 cm³/mol. The zero-order valence-corrected chi connectivity index (χ0v) is 29.0. The number of benzene rings is 2. The Morgan fingerprint density at radius 2 is 1.72 bits per heavy atom. The highest BCUT2D eigenvalue weighted by atomic mass is 19.1. The van der Waals surface area contributed by atoms with Gasteiger partial charge in [-0.05, 0) is 85.1 Å². The van der Waals surface area contributed by atoms with Crippen LogP contribution in [-0.2, 0) is 23.8 Å². The molecule has 0 bridgehead atoms. The third-order valence-electron chi connectivity index (χ3n) is 7.74. The van der Waals surface area contributed by atoms with Crippen LogP contribution in [0.5, 0.6) is 5.75 Å². The number of aromatic nitrogens is 3. The lowest BCUT2D eigenvalue weighted by Gasteiger charge is -2.22. The first kappa shape index (κ1) is 37.2. The zero-order chi connectivity index (χ0) is 34.8. The van der Waals surface area contributed by atoms with Crippen LogP contribution in [0, 0.1) is 5.82 Å². The van der Waals surface area contributed by atoms with E-state index in [-0.39, 0.29) is 28.3 Å². The highest BCUT2D eigenvalue weighted by Gasteiger charge is 2.21. The lowest BCUT2D eigenvalue weighted by atomic mass is 9.85. The largest absolute Gasteiger partial charge is 0.496 e. The molecule has 0 fully saturated rings. The van der Waals surface area contributed by atoms with E-state index in [2.05, 4.69) is 47.1 Å². The maximum atomic E-state index is 14.0. The summed E-state index contributed by atoms with van der Waals surface area (Å²) in [6.45, 7) is 15.3. The van der Waals surface area contributed by atoms with Gasteiger partial charge in [-0.2, -0.15) is 4.98 Å². The van der Waals surface area contributed by atoms with E-state index < -0.39 is 0 Å². The Bertz CT molecular complexity index is 1670. The van der Waals surface area contributed by atoms with Crippen molar-refractivity contribution in [2.45, 2.75) is 84.6 Å². The number of halogens is 1. The van der Waals surface area contributed by atoms with E-state index >= 15 is 0 Å². The van der Waals surface area contributed by atoms with Crippen molar-refractivity contribution >= 4 is 17.0 Å². The fourth-order valence-electron chi connectivity index (χ4n) is 5.02. The second-order valence-corrected chi connectivity index (χ2v) is 13.8. The molecule has 10 nitrogen and oxygen atoms in total. The Labute approximate surface area is 278 Å². The molecule has 0 unspecified atom stereocenters. The monoisotopic (exact) mass is 648 g/mol. The van der Waals surface area contributed by atoms with Crippen molar-refractivity contribution in [3.63, 3.8) is 0 Å². The first-order valence-corrected chi connectivity index (χ1v) is 16.2. The van der Waals surface area contributed by atoms with Crippen LogP contribution in [0.3, 0.4) is 0 Å². The average molecular weight is 649 g/mol. The maximum Gasteiger partial charge on any atom is 0.354 e. The lowest BCUT2D eigenvalue weighted by molar-refractivity contribution is 0.402. The minimum atomic E-state index is -0.301. The molecule has 256 valence electrons. The summed E-state index contributed by atoms with van der Waals surface area (Å²) in [5.74, 6) is 0.567. The van der Waals surface area contributed by atoms with Gasteiger partial charge in [0.2, 0.25) is 0 Å². The molecule has 2 aromatic heterocycles. The molecule has 0 saturated heterocycles. The van der Waals surface area contributed by atoms with Gasteiger partial charge in [0.05, 0.1) is 12.8 Å². The minimum Gasteiger partial charge on any atom is -0.496 e. The highest BCUT2D eigenvalue weighted by Crippen LogP contribution is 2.31. The Kier molecular flexibility index (Phi) is 13.1. The number of hydrogen-bond donors (Lipinski definition) is 5. The Morgan fingerprint density at radius 3 is 2.32 bits per heavy atom. The topological polar surface area (TPSA) is 162 Å². The van der Waals surface area contributed by atoms with Gasteiger partial charge in [0.25, 0.3) is 0 Å². The smallest absolute Gasteiger partial charge is 0.354 e. The quantitative estimate of drug-likeness (QED) is 0.0803. The van der Waals surface area contributed by atoms with Crippen LogP contribution >= 0.6 is 0 Å². The van der Waals surface area contributed by atoms with Crippen LogP contribution in [0.4, 0.5) is 4.39 Å². The normalized spacial score (nSPS) is 11.7. The van der Waals surface area contributed by atoms with E-state index in [1.54, 1.807) is 11.7 Å². The molecule has 0 aliphatic carbocycles. The molecule has 0 atom stereocenters. The van der Waals surface area contributed by atoms with Crippen LogP contribution in [0.2, 0.25) is 0 Å². The fourth-order valence-corrected chi connectivity index (χ4v) is 5.02. The zero-order valence-electron chi connectivity index (χ0n) is 29.0. The number of nitrogens with one attached hydrogen (secondary N) is 2. The predicted octanol–water partition coefficient (Wildman–Crippen LogP) is 5.18. The molecule has 0 spiro atoms. The summed E-state index contributed by atoms with van der Waals surface area (Å²) in [4.78, 5) is 23.9. The Balaban J connectivity index is 0.000000287. The average Bonchev–Trinajstić information content (AvgIpc) is 3.43. The molecule has 2 heterocycles. The number of nitrogens with two attached hydrogens (primary N) is 3. The van der Waals surface area contributed by atoms with Crippen LogP contribution in [0.15, 0.2) is 58.4 Å². The number of nitrogens with zero attached hydrogens (tertiary/aromatic N) is 3. The van der Waals surface area contributed by atoms with E-state index in [4.69, 9.17) is 21.9 Å². The van der Waals surface area contributed by atoms with E-state index in [1.807, 2.05) is 57.3 Å². The summed E-state index contributed by atoms with van der Waals surface area (Å²) in [7, 11) is 1.58.